The average molecular weight is 271 g/mol. The van der Waals surface area contributed by atoms with Crippen LogP contribution in [0.3, 0.4) is 0 Å². The normalized spacial score (nSPS) is 14.9. The van der Waals surface area contributed by atoms with E-state index >= 15 is 0 Å². The van der Waals surface area contributed by atoms with Crippen LogP contribution in [0.15, 0.2) is 12.7 Å². The minimum Gasteiger partial charge on any atom is -0.481 e. The summed E-state index contributed by atoms with van der Waals surface area (Å²) in [4.78, 5) is 34.0. The minimum atomic E-state index is -1.49. The Hall–Kier alpha value is -1.85. The molecule has 0 saturated carbocycles. The largest absolute Gasteiger partial charge is 0.481 e. The summed E-state index contributed by atoms with van der Waals surface area (Å²) >= 11 is 0. The first kappa shape index (κ1) is 17.2. The Morgan fingerprint density at radius 3 is 2.42 bits per heavy atom. The van der Waals surface area contributed by atoms with E-state index in [0.717, 1.165) is 0 Å². The van der Waals surface area contributed by atoms with Crippen LogP contribution < -0.4 is 5.32 Å². The summed E-state index contributed by atoms with van der Waals surface area (Å²) in [7, 11) is 0. The summed E-state index contributed by atoms with van der Waals surface area (Å²) in [6.45, 7) is 8.32. The molecule has 19 heavy (non-hydrogen) atoms. The Balaban J connectivity index is 5.09. The monoisotopic (exact) mass is 271 g/mol. The molecule has 0 rings (SSSR count). The molecule has 1 amide bonds. The number of carboxylic acids is 1. The second kappa shape index (κ2) is 7.56. The molecule has 0 fully saturated rings. The molecule has 0 aromatic carbocycles. The molecule has 6 nitrogen and oxygen atoms in total. The maximum absolute atomic E-state index is 12.1. The third kappa shape index (κ3) is 5.54. The van der Waals surface area contributed by atoms with Crippen molar-refractivity contribution in [2.24, 2.45) is 0 Å². The van der Waals surface area contributed by atoms with E-state index in [4.69, 9.17) is 9.84 Å². The zero-order chi connectivity index (χ0) is 15.1. The number of carboxylic acid groups (broad SMARTS) is 1. The highest BCUT2D eigenvalue weighted by molar-refractivity contribution is 5.89. The van der Waals surface area contributed by atoms with E-state index in [1.54, 1.807) is 6.92 Å². The van der Waals surface area contributed by atoms with Crippen LogP contribution >= 0.6 is 0 Å². The number of carbonyl (C=O) groups excluding carboxylic acids is 2. The molecular formula is C13H21NO5. The molecule has 0 aliphatic rings. The number of esters is 1. The SMILES string of the molecule is C=CC(CCC(=O)O)(NC(C)=O)C(=O)OC(C)CC. The van der Waals surface area contributed by atoms with Crippen LogP contribution in [-0.4, -0.2) is 34.6 Å². The van der Waals surface area contributed by atoms with Gasteiger partial charge < -0.3 is 15.2 Å². The molecule has 0 bridgehead atoms. The predicted octanol–water partition coefficient (Wildman–Crippen LogP) is 1.25. The van der Waals surface area contributed by atoms with Crippen LogP contribution in [0, 0.1) is 0 Å². The lowest BCUT2D eigenvalue weighted by Gasteiger charge is -2.29. The molecule has 0 aliphatic carbocycles. The van der Waals surface area contributed by atoms with Crippen LogP contribution in [0.1, 0.15) is 40.0 Å². The van der Waals surface area contributed by atoms with Gasteiger partial charge in [-0.3, -0.25) is 9.59 Å². The smallest absolute Gasteiger partial charge is 0.336 e. The van der Waals surface area contributed by atoms with Gasteiger partial charge in [0.1, 0.15) is 0 Å². The Morgan fingerprint density at radius 1 is 1.47 bits per heavy atom. The van der Waals surface area contributed by atoms with Crippen molar-refractivity contribution in [3.8, 4) is 0 Å². The molecule has 0 radical (unpaired) electrons. The summed E-state index contributed by atoms with van der Waals surface area (Å²) in [5.41, 5.74) is -1.49. The van der Waals surface area contributed by atoms with Gasteiger partial charge in [0.2, 0.25) is 5.91 Å². The molecule has 0 spiro atoms. The van der Waals surface area contributed by atoms with Gasteiger partial charge in [-0.25, -0.2) is 4.79 Å². The molecule has 2 N–H and O–H groups in total. The van der Waals surface area contributed by atoms with Gasteiger partial charge in [-0.2, -0.15) is 0 Å². The van der Waals surface area contributed by atoms with Gasteiger partial charge in [0.05, 0.1) is 6.10 Å². The standard InChI is InChI=1S/C13H21NO5/c1-5-9(3)19-12(18)13(6-2,14-10(4)15)8-7-11(16)17/h6,9H,2,5,7-8H2,1,3-4H3,(H,14,15)(H,16,17). The lowest BCUT2D eigenvalue weighted by molar-refractivity contribution is -0.156. The van der Waals surface area contributed by atoms with Gasteiger partial charge in [0.15, 0.2) is 5.54 Å². The summed E-state index contributed by atoms with van der Waals surface area (Å²) < 4.78 is 5.17. The Morgan fingerprint density at radius 2 is 2.05 bits per heavy atom. The molecule has 0 aromatic heterocycles. The van der Waals surface area contributed by atoms with E-state index < -0.39 is 23.4 Å². The first-order valence-electron chi connectivity index (χ1n) is 6.12. The van der Waals surface area contributed by atoms with Gasteiger partial charge in [-0.05, 0) is 19.8 Å². The number of ether oxygens (including phenoxy) is 1. The number of hydrogen-bond donors (Lipinski definition) is 2. The third-order valence-electron chi connectivity index (χ3n) is 2.73. The fourth-order valence-electron chi connectivity index (χ4n) is 1.44. The Kier molecular flexibility index (Phi) is 6.82. The van der Waals surface area contributed by atoms with Gasteiger partial charge in [-0.1, -0.05) is 13.0 Å². The maximum Gasteiger partial charge on any atom is 0.336 e. The molecule has 0 aromatic rings. The van der Waals surface area contributed by atoms with Gasteiger partial charge in [0.25, 0.3) is 0 Å². The Bertz CT molecular complexity index is 366. The van der Waals surface area contributed by atoms with Crippen molar-refractivity contribution in [3.05, 3.63) is 12.7 Å². The fourth-order valence-corrected chi connectivity index (χ4v) is 1.44. The van der Waals surface area contributed by atoms with E-state index in [0.29, 0.717) is 6.42 Å². The Labute approximate surface area is 112 Å². The van der Waals surface area contributed by atoms with Crippen LogP contribution in [-0.2, 0) is 19.1 Å². The lowest BCUT2D eigenvalue weighted by Crippen LogP contribution is -2.54. The van der Waals surface area contributed by atoms with E-state index in [2.05, 4.69) is 11.9 Å². The quantitative estimate of drug-likeness (QED) is 0.512. The number of aliphatic carboxylic acids is 1. The molecule has 0 saturated heterocycles. The van der Waals surface area contributed by atoms with Crippen molar-refractivity contribution in [3.63, 3.8) is 0 Å². The van der Waals surface area contributed by atoms with Gasteiger partial charge in [0, 0.05) is 13.3 Å². The van der Waals surface area contributed by atoms with Crippen molar-refractivity contribution >= 4 is 17.8 Å². The highest BCUT2D eigenvalue weighted by atomic mass is 16.5. The van der Waals surface area contributed by atoms with Crippen LogP contribution in [0.5, 0.6) is 0 Å². The second-order valence-corrected chi connectivity index (χ2v) is 4.37. The summed E-state index contributed by atoms with van der Waals surface area (Å²) in [6, 6.07) is 0. The van der Waals surface area contributed by atoms with Crippen molar-refractivity contribution in [1.82, 2.24) is 5.32 Å². The topological polar surface area (TPSA) is 92.7 Å². The third-order valence-corrected chi connectivity index (χ3v) is 2.73. The van der Waals surface area contributed by atoms with Gasteiger partial charge >= 0.3 is 11.9 Å². The predicted molar refractivity (Wildman–Crippen MR) is 69.5 cm³/mol. The van der Waals surface area contributed by atoms with Gasteiger partial charge in [-0.15, -0.1) is 6.58 Å². The lowest BCUT2D eigenvalue weighted by atomic mass is 9.93. The number of nitrogens with one attached hydrogen (secondary N) is 1. The van der Waals surface area contributed by atoms with Crippen molar-refractivity contribution < 1.29 is 24.2 Å². The molecule has 0 aliphatic heterocycles. The summed E-state index contributed by atoms with van der Waals surface area (Å²) in [6.07, 6.45) is 1.16. The number of rotatable bonds is 8. The number of carbonyl (C=O) groups is 3. The highest BCUT2D eigenvalue weighted by Gasteiger charge is 2.38. The zero-order valence-electron chi connectivity index (χ0n) is 11.6. The van der Waals surface area contributed by atoms with Crippen molar-refractivity contribution in [2.45, 2.75) is 51.7 Å². The highest BCUT2D eigenvalue weighted by Crippen LogP contribution is 2.18. The first-order chi connectivity index (χ1) is 8.77. The van der Waals surface area contributed by atoms with Crippen LogP contribution in [0.4, 0.5) is 0 Å². The fraction of sp³-hybridized carbons (Fsp3) is 0.615. The first-order valence-corrected chi connectivity index (χ1v) is 6.12. The minimum absolute atomic E-state index is 0.0965. The molecule has 108 valence electrons. The van der Waals surface area contributed by atoms with E-state index in [9.17, 15) is 14.4 Å². The van der Waals surface area contributed by atoms with E-state index in [1.165, 1.54) is 13.0 Å². The summed E-state index contributed by atoms with van der Waals surface area (Å²) in [5, 5.41) is 11.1. The zero-order valence-corrected chi connectivity index (χ0v) is 11.6. The molecule has 0 heterocycles. The molecule has 6 heteroatoms. The maximum atomic E-state index is 12.1. The van der Waals surface area contributed by atoms with E-state index in [-0.39, 0.29) is 18.9 Å². The van der Waals surface area contributed by atoms with E-state index in [1.807, 2.05) is 6.92 Å². The molecule has 2 atom stereocenters. The second-order valence-electron chi connectivity index (χ2n) is 4.37. The summed E-state index contributed by atoms with van der Waals surface area (Å²) in [5.74, 6) is -2.20. The molecular weight excluding hydrogens is 250 g/mol. The number of hydrogen-bond acceptors (Lipinski definition) is 4. The number of amides is 1. The van der Waals surface area contributed by atoms with Crippen LogP contribution in [0.2, 0.25) is 0 Å². The van der Waals surface area contributed by atoms with Crippen molar-refractivity contribution in [1.29, 1.82) is 0 Å². The average Bonchev–Trinajstić information content (AvgIpc) is 2.33. The van der Waals surface area contributed by atoms with Crippen molar-refractivity contribution in [2.75, 3.05) is 0 Å². The van der Waals surface area contributed by atoms with Crippen LogP contribution in [0.25, 0.3) is 0 Å². The molecule has 2 unspecified atom stereocenters.